The van der Waals surface area contributed by atoms with E-state index >= 15 is 0 Å². The molecule has 4 aromatic rings. The van der Waals surface area contributed by atoms with Gasteiger partial charge in [-0.3, -0.25) is 0 Å². The Hall–Kier alpha value is -3.51. The van der Waals surface area contributed by atoms with Crippen molar-refractivity contribution < 1.29 is 4.74 Å². The summed E-state index contributed by atoms with van der Waals surface area (Å²) in [6.45, 7) is 2.05. The summed E-state index contributed by atoms with van der Waals surface area (Å²) in [6, 6.07) is 25.4. The molecule has 0 aliphatic carbocycles. The summed E-state index contributed by atoms with van der Waals surface area (Å²) in [5.41, 5.74) is 3.02. The molecule has 0 spiro atoms. The number of nitrogens with one attached hydrogen (secondary N) is 1. The van der Waals surface area contributed by atoms with Crippen LogP contribution in [-0.2, 0) is 0 Å². The van der Waals surface area contributed by atoms with Gasteiger partial charge in [0.1, 0.15) is 11.5 Å². The Bertz CT molecular complexity index is 1160. The van der Waals surface area contributed by atoms with Gasteiger partial charge in [-0.1, -0.05) is 60.2 Å². The number of hydrogen-bond acceptors (Lipinski definition) is 4. The van der Waals surface area contributed by atoms with Gasteiger partial charge in [-0.15, -0.1) is 0 Å². The molecule has 1 N–H and O–H groups in total. The van der Waals surface area contributed by atoms with E-state index in [1.807, 2.05) is 85.8 Å². The summed E-state index contributed by atoms with van der Waals surface area (Å²) >= 11 is 5.33. The largest absolute Gasteiger partial charge is 0.457 e. The van der Waals surface area contributed by atoms with Gasteiger partial charge in [0, 0.05) is 5.56 Å². The first kappa shape index (κ1) is 17.9. The van der Waals surface area contributed by atoms with E-state index in [9.17, 15) is 0 Å². The molecule has 0 bridgehead atoms. The van der Waals surface area contributed by atoms with E-state index < -0.39 is 0 Å². The summed E-state index contributed by atoms with van der Waals surface area (Å²) in [5, 5.41) is 11.6. The van der Waals surface area contributed by atoms with Gasteiger partial charge in [-0.2, -0.15) is 14.9 Å². The number of ether oxygens (including phenoxy) is 1. The maximum Gasteiger partial charge on any atom is 0.216 e. The van der Waals surface area contributed by atoms with Crippen LogP contribution >= 0.6 is 12.2 Å². The Labute approximate surface area is 167 Å². The Kier molecular flexibility index (Phi) is 5.12. The minimum Gasteiger partial charge on any atom is -0.457 e. The molecule has 5 nitrogen and oxygen atoms in total. The SMILES string of the molecule is Cc1ccc(-c2n[nH]c(=S)n2/N=C/c2cccc(Oc3ccccc3)c2)cc1. The molecule has 3 aromatic carbocycles. The molecule has 0 aliphatic heterocycles. The molecular weight excluding hydrogens is 368 g/mol. The Balaban J connectivity index is 1.60. The summed E-state index contributed by atoms with van der Waals surface area (Å²) < 4.78 is 7.93. The number of nitrogens with zero attached hydrogens (tertiary/aromatic N) is 3. The van der Waals surface area contributed by atoms with Crippen LogP contribution in [0.2, 0.25) is 0 Å². The fourth-order valence-electron chi connectivity index (χ4n) is 2.70. The van der Waals surface area contributed by atoms with E-state index in [-0.39, 0.29) is 0 Å². The first-order chi connectivity index (χ1) is 13.7. The van der Waals surface area contributed by atoms with Crippen LogP contribution in [-0.4, -0.2) is 21.1 Å². The number of benzene rings is 3. The number of hydrogen-bond donors (Lipinski definition) is 1. The predicted molar refractivity (Wildman–Crippen MR) is 114 cm³/mol. The molecule has 0 amide bonds. The fourth-order valence-corrected chi connectivity index (χ4v) is 2.87. The number of aromatic amines is 1. The van der Waals surface area contributed by atoms with Gasteiger partial charge in [0.25, 0.3) is 0 Å². The number of para-hydroxylation sites is 1. The molecule has 4 rings (SSSR count). The smallest absolute Gasteiger partial charge is 0.216 e. The number of aromatic nitrogens is 3. The van der Waals surface area contributed by atoms with E-state index in [0.29, 0.717) is 10.6 Å². The van der Waals surface area contributed by atoms with E-state index in [1.54, 1.807) is 10.9 Å². The lowest BCUT2D eigenvalue weighted by molar-refractivity contribution is 0.482. The van der Waals surface area contributed by atoms with Gasteiger partial charge in [0.05, 0.1) is 6.21 Å². The van der Waals surface area contributed by atoms with Crippen LogP contribution in [0.15, 0.2) is 84.0 Å². The first-order valence-electron chi connectivity index (χ1n) is 8.81. The molecule has 0 unspecified atom stereocenters. The third-order valence-electron chi connectivity index (χ3n) is 4.12. The van der Waals surface area contributed by atoms with Gasteiger partial charge in [0.2, 0.25) is 4.77 Å². The molecule has 28 heavy (non-hydrogen) atoms. The second-order valence-electron chi connectivity index (χ2n) is 6.26. The average Bonchev–Trinajstić information content (AvgIpc) is 3.08. The molecule has 138 valence electrons. The molecule has 0 radical (unpaired) electrons. The average molecular weight is 386 g/mol. The lowest BCUT2D eigenvalue weighted by atomic mass is 10.1. The molecule has 1 heterocycles. The molecule has 0 saturated heterocycles. The van der Waals surface area contributed by atoms with Crippen molar-refractivity contribution in [2.24, 2.45) is 5.10 Å². The number of aryl methyl sites for hydroxylation is 1. The molecule has 0 saturated carbocycles. The van der Waals surface area contributed by atoms with Crippen molar-refractivity contribution in [3.63, 3.8) is 0 Å². The third kappa shape index (κ3) is 4.07. The van der Waals surface area contributed by atoms with Crippen LogP contribution in [0.5, 0.6) is 11.5 Å². The van der Waals surface area contributed by atoms with Crippen molar-refractivity contribution in [2.45, 2.75) is 6.92 Å². The van der Waals surface area contributed by atoms with Gasteiger partial charge in [-0.05, 0) is 49.0 Å². The summed E-state index contributed by atoms with van der Waals surface area (Å²) in [7, 11) is 0. The van der Waals surface area contributed by atoms with Gasteiger partial charge in [-0.25, -0.2) is 5.10 Å². The second-order valence-corrected chi connectivity index (χ2v) is 6.65. The summed E-state index contributed by atoms with van der Waals surface area (Å²) in [6.07, 6.45) is 1.74. The molecule has 0 aliphatic rings. The summed E-state index contributed by atoms with van der Waals surface area (Å²) in [5.74, 6) is 2.19. The van der Waals surface area contributed by atoms with E-state index in [1.165, 1.54) is 5.56 Å². The lowest BCUT2D eigenvalue weighted by Crippen LogP contribution is -1.95. The van der Waals surface area contributed by atoms with E-state index in [0.717, 1.165) is 22.6 Å². The lowest BCUT2D eigenvalue weighted by Gasteiger charge is -2.06. The minimum absolute atomic E-state index is 0.434. The van der Waals surface area contributed by atoms with Gasteiger partial charge < -0.3 is 4.74 Å². The van der Waals surface area contributed by atoms with Crippen LogP contribution in [0, 0.1) is 11.7 Å². The highest BCUT2D eigenvalue weighted by atomic mass is 32.1. The Morgan fingerprint density at radius 3 is 2.50 bits per heavy atom. The van der Waals surface area contributed by atoms with Crippen molar-refractivity contribution in [2.75, 3.05) is 0 Å². The summed E-state index contributed by atoms with van der Waals surface area (Å²) in [4.78, 5) is 0. The highest BCUT2D eigenvalue weighted by Gasteiger charge is 2.07. The standard InChI is InChI=1S/C22H18N4OS/c1-16-10-12-18(13-11-16)21-24-25-22(28)26(21)23-15-17-6-5-9-20(14-17)27-19-7-3-2-4-8-19/h2-15H,1H3,(H,25,28)/b23-15+. The fraction of sp³-hybridized carbons (Fsp3) is 0.0455. The number of rotatable bonds is 5. The zero-order chi connectivity index (χ0) is 19.3. The van der Waals surface area contributed by atoms with Crippen LogP contribution < -0.4 is 4.74 Å². The zero-order valence-corrected chi connectivity index (χ0v) is 16.1. The van der Waals surface area contributed by atoms with Crippen molar-refractivity contribution in [1.82, 2.24) is 14.9 Å². The first-order valence-corrected chi connectivity index (χ1v) is 9.22. The van der Waals surface area contributed by atoms with Crippen molar-refractivity contribution in [3.05, 3.63) is 94.8 Å². The van der Waals surface area contributed by atoms with Crippen LogP contribution in [0.1, 0.15) is 11.1 Å². The molecule has 0 fully saturated rings. The van der Waals surface area contributed by atoms with Crippen LogP contribution in [0.3, 0.4) is 0 Å². The van der Waals surface area contributed by atoms with Crippen molar-refractivity contribution in [1.29, 1.82) is 0 Å². The predicted octanol–water partition coefficient (Wildman–Crippen LogP) is 5.59. The highest BCUT2D eigenvalue weighted by Crippen LogP contribution is 2.22. The molecule has 0 atom stereocenters. The highest BCUT2D eigenvalue weighted by molar-refractivity contribution is 7.71. The van der Waals surface area contributed by atoms with Crippen molar-refractivity contribution >= 4 is 18.4 Å². The van der Waals surface area contributed by atoms with E-state index in [2.05, 4.69) is 15.3 Å². The maximum atomic E-state index is 5.88. The Morgan fingerprint density at radius 2 is 1.71 bits per heavy atom. The van der Waals surface area contributed by atoms with Crippen molar-refractivity contribution in [3.8, 4) is 22.9 Å². The minimum atomic E-state index is 0.434. The molecule has 1 aromatic heterocycles. The quantitative estimate of drug-likeness (QED) is 0.359. The molecular formula is C22H18N4OS. The second kappa shape index (κ2) is 8.02. The van der Waals surface area contributed by atoms with Crippen LogP contribution in [0.25, 0.3) is 11.4 Å². The maximum absolute atomic E-state index is 5.88. The van der Waals surface area contributed by atoms with Gasteiger partial charge >= 0.3 is 0 Å². The number of H-pyrrole nitrogens is 1. The van der Waals surface area contributed by atoms with Crippen LogP contribution in [0.4, 0.5) is 0 Å². The topological polar surface area (TPSA) is 55.2 Å². The third-order valence-corrected chi connectivity index (χ3v) is 4.38. The Morgan fingerprint density at radius 1 is 0.964 bits per heavy atom. The van der Waals surface area contributed by atoms with E-state index in [4.69, 9.17) is 17.0 Å². The normalized spacial score (nSPS) is 11.0. The van der Waals surface area contributed by atoms with Gasteiger partial charge in [0.15, 0.2) is 5.82 Å². The molecule has 6 heteroatoms. The zero-order valence-electron chi connectivity index (χ0n) is 15.2. The monoisotopic (exact) mass is 386 g/mol.